The third-order valence-corrected chi connectivity index (χ3v) is 3.55. The van der Waals surface area contributed by atoms with E-state index in [2.05, 4.69) is 0 Å². The second kappa shape index (κ2) is 4.48. The van der Waals surface area contributed by atoms with E-state index in [0.29, 0.717) is 12.8 Å². The Morgan fingerprint density at radius 2 is 1.76 bits per heavy atom. The number of carbonyl (C=O) groups is 1. The van der Waals surface area contributed by atoms with Crippen molar-refractivity contribution >= 4 is 6.09 Å². The molecule has 2 heterocycles. The first-order chi connectivity index (χ1) is 7.87. The van der Waals surface area contributed by atoms with E-state index in [4.69, 9.17) is 4.74 Å². The van der Waals surface area contributed by atoms with Crippen LogP contribution in [0.2, 0.25) is 0 Å². The quantitative estimate of drug-likeness (QED) is 0.708. The fourth-order valence-electron chi connectivity index (χ4n) is 2.97. The highest BCUT2D eigenvalue weighted by Gasteiger charge is 2.41. The van der Waals surface area contributed by atoms with Gasteiger partial charge in [-0.1, -0.05) is 0 Å². The third-order valence-electron chi connectivity index (χ3n) is 3.55. The van der Waals surface area contributed by atoms with Gasteiger partial charge in [0.05, 0.1) is 6.10 Å². The minimum absolute atomic E-state index is 0.173. The molecule has 0 saturated carbocycles. The molecule has 4 nitrogen and oxygen atoms in total. The second-order valence-corrected chi connectivity index (χ2v) is 6.25. The molecule has 0 radical (unpaired) electrons. The molecule has 0 aromatic rings. The smallest absolute Gasteiger partial charge is 0.410 e. The maximum Gasteiger partial charge on any atom is 0.410 e. The molecule has 1 N–H and O–H groups in total. The van der Waals surface area contributed by atoms with Crippen LogP contribution in [0.1, 0.15) is 52.9 Å². The average Bonchev–Trinajstić information content (AvgIpc) is 2.12. The Labute approximate surface area is 103 Å². The zero-order chi connectivity index (χ0) is 12.6. The van der Waals surface area contributed by atoms with E-state index in [9.17, 15) is 9.90 Å². The van der Waals surface area contributed by atoms with Crippen LogP contribution in [0.15, 0.2) is 0 Å². The minimum atomic E-state index is -0.443. The van der Waals surface area contributed by atoms with Gasteiger partial charge in [-0.15, -0.1) is 0 Å². The number of aliphatic hydroxyl groups excluding tert-OH is 1. The van der Waals surface area contributed by atoms with Crippen molar-refractivity contribution < 1.29 is 14.6 Å². The summed E-state index contributed by atoms with van der Waals surface area (Å²) in [6.07, 6.45) is 4.09. The molecule has 0 aromatic carbocycles. The van der Waals surface area contributed by atoms with Gasteiger partial charge in [0.15, 0.2) is 0 Å². The van der Waals surface area contributed by atoms with Crippen LogP contribution in [0.5, 0.6) is 0 Å². The molecule has 0 spiro atoms. The molecular weight excluding hydrogens is 218 g/mol. The summed E-state index contributed by atoms with van der Waals surface area (Å²) in [5.41, 5.74) is -0.443. The molecule has 2 aliphatic heterocycles. The Balaban J connectivity index is 2.07. The molecule has 2 fully saturated rings. The van der Waals surface area contributed by atoms with E-state index < -0.39 is 5.60 Å². The van der Waals surface area contributed by atoms with Gasteiger partial charge in [0.25, 0.3) is 0 Å². The maximum absolute atomic E-state index is 12.2. The van der Waals surface area contributed by atoms with Crippen LogP contribution in [0.4, 0.5) is 4.79 Å². The van der Waals surface area contributed by atoms with Gasteiger partial charge >= 0.3 is 6.09 Å². The molecule has 0 aliphatic carbocycles. The van der Waals surface area contributed by atoms with E-state index in [1.165, 1.54) is 0 Å². The SMILES string of the molecule is CC(C)(C)OC(=O)N1[C@@H]2CCC[C@H]1C[C@@H](O)C2. The lowest BCUT2D eigenvalue weighted by Crippen LogP contribution is -2.56. The van der Waals surface area contributed by atoms with E-state index >= 15 is 0 Å². The Morgan fingerprint density at radius 3 is 2.24 bits per heavy atom. The van der Waals surface area contributed by atoms with Crippen molar-refractivity contribution in [2.24, 2.45) is 0 Å². The number of fused-ring (bicyclic) bond motifs is 2. The van der Waals surface area contributed by atoms with Crippen molar-refractivity contribution in [3.8, 4) is 0 Å². The fourth-order valence-corrected chi connectivity index (χ4v) is 2.97. The number of piperidine rings is 2. The standard InChI is InChI=1S/C13H23NO3/c1-13(2,3)17-12(16)14-9-5-4-6-10(14)8-11(15)7-9/h9-11,15H,4-8H2,1-3H3/t9-,10+,11+. The van der Waals surface area contributed by atoms with E-state index in [1.54, 1.807) is 0 Å². The summed E-state index contributed by atoms with van der Waals surface area (Å²) in [6, 6.07) is 0.347. The van der Waals surface area contributed by atoms with E-state index in [0.717, 1.165) is 19.3 Å². The molecule has 2 bridgehead atoms. The first-order valence-corrected chi connectivity index (χ1v) is 6.56. The largest absolute Gasteiger partial charge is 0.444 e. The maximum atomic E-state index is 12.2. The highest BCUT2D eigenvalue weighted by atomic mass is 16.6. The summed E-state index contributed by atoms with van der Waals surface area (Å²) in [7, 11) is 0. The summed E-state index contributed by atoms with van der Waals surface area (Å²) < 4.78 is 5.45. The summed E-state index contributed by atoms with van der Waals surface area (Å²) in [5.74, 6) is 0. The summed E-state index contributed by atoms with van der Waals surface area (Å²) in [4.78, 5) is 14.0. The number of hydrogen-bond acceptors (Lipinski definition) is 3. The molecule has 17 heavy (non-hydrogen) atoms. The molecule has 2 aliphatic rings. The van der Waals surface area contributed by atoms with Gasteiger partial charge in [0.2, 0.25) is 0 Å². The van der Waals surface area contributed by atoms with E-state index in [-0.39, 0.29) is 24.3 Å². The molecule has 3 atom stereocenters. The lowest BCUT2D eigenvalue weighted by atomic mass is 9.83. The van der Waals surface area contributed by atoms with Gasteiger partial charge in [0, 0.05) is 12.1 Å². The van der Waals surface area contributed by atoms with Crippen LogP contribution in [0, 0.1) is 0 Å². The molecular formula is C13H23NO3. The van der Waals surface area contributed by atoms with Crippen LogP contribution in [0.3, 0.4) is 0 Å². The normalized spacial score (nSPS) is 33.4. The van der Waals surface area contributed by atoms with Gasteiger partial charge in [-0.2, -0.15) is 0 Å². The third kappa shape index (κ3) is 2.92. The lowest BCUT2D eigenvalue weighted by molar-refractivity contribution is -0.0455. The van der Waals surface area contributed by atoms with Crippen molar-refractivity contribution in [2.75, 3.05) is 0 Å². The van der Waals surface area contributed by atoms with Gasteiger partial charge in [0.1, 0.15) is 5.60 Å². The highest BCUT2D eigenvalue weighted by Crippen LogP contribution is 2.35. The van der Waals surface area contributed by atoms with Gasteiger partial charge in [-0.3, -0.25) is 0 Å². The minimum Gasteiger partial charge on any atom is -0.444 e. The van der Waals surface area contributed by atoms with Crippen LogP contribution in [0.25, 0.3) is 0 Å². The van der Waals surface area contributed by atoms with Crippen LogP contribution in [-0.2, 0) is 4.74 Å². The van der Waals surface area contributed by atoms with Crippen molar-refractivity contribution in [1.29, 1.82) is 0 Å². The average molecular weight is 241 g/mol. The fraction of sp³-hybridized carbons (Fsp3) is 0.923. The molecule has 0 aromatic heterocycles. The topological polar surface area (TPSA) is 49.8 Å². The Kier molecular flexibility index (Phi) is 3.34. The molecule has 0 unspecified atom stereocenters. The van der Waals surface area contributed by atoms with Crippen molar-refractivity contribution in [3.63, 3.8) is 0 Å². The van der Waals surface area contributed by atoms with E-state index in [1.807, 2.05) is 25.7 Å². The van der Waals surface area contributed by atoms with Gasteiger partial charge in [-0.25, -0.2) is 4.79 Å². The van der Waals surface area contributed by atoms with Crippen molar-refractivity contribution in [2.45, 2.75) is 76.7 Å². The second-order valence-electron chi connectivity index (χ2n) is 6.25. The number of ether oxygens (including phenoxy) is 1. The zero-order valence-electron chi connectivity index (χ0n) is 11.0. The number of hydrogen-bond donors (Lipinski definition) is 1. The monoisotopic (exact) mass is 241 g/mol. The molecule has 4 heteroatoms. The predicted molar refractivity (Wildman–Crippen MR) is 64.7 cm³/mol. The molecule has 98 valence electrons. The summed E-state index contributed by atoms with van der Waals surface area (Å²) in [5, 5.41) is 9.77. The molecule has 2 saturated heterocycles. The van der Waals surface area contributed by atoms with Crippen LogP contribution < -0.4 is 0 Å². The number of rotatable bonds is 0. The first kappa shape index (κ1) is 12.7. The highest BCUT2D eigenvalue weighted by molar-refractivity contribution is 5.69. The Hall–Kier alpha value is -0.770. The summed E-state index contributed by atoms with van der Waals surface area (Å²) >= 11 is 0. The predicted octanol–water partition coefficient (Wildman–Crippen LogP) is 2.30. The molecule has 1 amide bonds. The lowest BCUT2D eigenvalue weighted by Gasteiger charge is -2.47. The summed E-state index contributed by atoms with van der Waals surface area (Å²) in [6.45, 7) is 5.67. The zero-order valence-corrected chi connectivity index (χ0v) is 11.0. The number of amides is 1. The number of aliphatic hydroxyl groups is 1. The Morgan fingerprint density at radius 1 is 1.24 bits per heavy atom. The van der Waals surface area contributed by atoms with Crippen LogP contribution in [-0.4, -0.2) is 39.9 Å². The van der Waals surface area contributed by atoms with Gasteiger partial charge in [-0.05, 0) is 52.9 Å². The first-order valence-electron chi connectivity index (χ1n) is 6.56. The van der Waals surface area contributed by atoms with Crippen LogP contribution >= 0.6 is 0 Å². The van der Waals surface area contributed by atoms with Gasteiger partial charge < -0.3 is 14.7 Å². The molecule has 2 rings (SSSR count). The number of carbonyl (C=O) groups excluding carboxylic acids is 1. The van der Waals surface area contributed by atoms with Crippen molar-refractivity contribution in [1.82, 2.24) is 4.90 Å². The van der Waals surface area contributed by atoms with Crippen molar-refractivity contribution in [3.05, 3.63) is 0 Å². The Bertz CT molecular complexity index is 284. The number of nitrogens with zero attached hydrogens (tertiary/aromatic N) is 1.